The Morgan fingerprint density at radius 2 is 1.84 bits per heavy atom. The molecule has 1 amide bonds. The van der Waals surface area contributed by atoms with E-state index in [-0.39, 0.29) is 24.2 Å². The number of carbonyl (C=O) groups is 4. The van der Waals surface area contributed by atoms with E-state index >= 15 is 0 Å². The van der Waals surface area contributed by atoms with E-state index in [1.165, 1.54) is 38.3 Å². The minimum Gasteiger partial charge on any atom is -0.480 e. The summed E-state index contributed by atoms with van der Waals surface area (Å²) < 4.78 is 9.37. The summed E-state index contributed by atoms with van der Waals surface area (Å²) in [6.45, 7) is 3.37. The van der Waals surface area contributed by atoms with Crippen LogP contribution in [0.25, 0.3) is 0 Å². The molecule has 136 valence electrons. The van der Waals surface area contributed by atoms with Gasteiger partial charge in [0.1, 0.15) is 6.04 Å². The van der Waals surface area contributed by atoms with Crippen molar-refractivity contribution in [3.63, 3.8) is 0 Å². The number of rotatable bonds is 8. The summed E-state index contributed by atoms with van der Waals surface area (Å²) in [5.74, 6) is -3.77. The van der Waals surface area contributed by atoms with Gasteiger partial charge in [-0.3, -0.25) is 9.59 Å². The molecule has 8 heteroatoms. The lowest BCUT2D eigenvalue weighted by Gasteiger charge is -2.21. The summed E-state index contributed by atoms with van der Waals surface area (Å²) in [5.41, 5.74) is 0.277. The lowest BCUT2D eigenvalue weighted by Crippen LogP contribution is -2.45. The van der Waals surface area contributed by atoms with Crippen LogP contribution in [-0.4, -0.2) is 48.7 Å². The molecule has 0 unspecified atom stereocenters. The maximum Gasteiger partial charge on any atom is 0.337 e. The van der Waals surface area contributed by atoms with Gasteiger partial charge in [-0.25, -0.2) is 9.59 Å². The van der Waals surface area contributed by atoms with E-state index in [9.17, 15) is 24.3 Å². The molecular weight excluding hydrogens is 330 g/mol. The maximum absolute atomic E-state index is 12.3. The molecule has 8 nitrogen and oxygen atoms in total. The predicted molar refractivity (Wildman–Crippen MR) is 87.1 cm³/mol. The first kappa shape index (κ1) is 20.1. The molecule has 0 radical (unpaired) electrons. The summed E-state index contributed by atoms with van der Waals surface area (Å²) >= 11 is 0. The van der Waals surface area contributed by atoms with Crippen molar-refractivity contribution in [2.75, 3.05) is 13.7 Å². The van der Waals surface area contributed by atoms with Gasteiger partial charge >= 0.3 is 17.9 Å². The Morgan fingerprint density at radius 1 is 1.20 bits per heavy atom. The second-order valence-corrected chi connectivity index (χ2v) is 5.35. The molecule has 0 aliphatic carbocycles. The molecule has 0 bridgehead atoms. The number of carbonyl (C=O) groups excluding carboxylic acids is 3. The standard InChI is InChI=1S/C17H21NO7/c1-4-25-13(19)8-10(2)14(16(21)22)18-15(20)11-6-5-7-12(9-11)17(23)24-3/h5-7,9-10,14H,4,8H2,1-3H3,(H,18,20)(H,21,22)/t10-,14-/m1/s1. The number of methoxy groups -OCH3 is 1. The van der Waals surface area contributed by atoms with Crippen LogP contribution >= 0.6 is 0 Å². The molecule has 0 aliphatic heterocycles. The Hall–Kier alpha value is -2.90. The van der Waals surface area contributed by atoms with Gasteiger partial charge in [0.2, 0.25) is 0 Å². The van der Waals surface area contributed by atoms with Crippen LogP contribution in [0.5, 0.6) is 0 Å². The molecule has 0 aromatic heterocycles. The van der Waals surface area contributed by atoms with E-state index in [1.54, 1.807) is 6.92 Å². The Balaban J connectivity index is 2.88. The molecule has 1 aromatic rings. The topological polar surface area (TPSA) is 119 Å². The van der Waals surface area contributed by atoms with Crippen molar-refractivity contribution in [1.29, 1.82) is 0 Å². The molecule has 1 rings (SSSR count). The zero-order chi connectivity index (χ0) is 19.0. The highest BCUT2D eigenvalue weighted by atomic mass is 16.5. The molecule has 0 saturated heterocycles. The first-order valence-electron chi connectivity index (χ1n) is 7.67. The highest BCUT2D eigenvalue weighted by Gasteiger charge is 2.29. The summed E-state index contributed by atoms with van der Waals surface area (Å²) in [5, 5.41) is 11.7. The Bertz CT molecular complexity index is 656. The zero-order valence-corrected chi connectivity index (χ0v) is 14.3. The number of aliphatic carboxylic acids is 1. The van der Waals surface area contributed by atoms with Crippen LogP contribution in [0.1, 0.15) is 41.0 Å². The summed E-state index contributed by atoms with van der Waals surface area (Å²) in [6.07, 6.45) is -0.146. The van der Waals surface area contributed by atoms with E-state index in [1.807, 2.05) is 0 Å². The number of hydrogen-bond donors (Lipinski definition) is 2. The van der Waals surface area contributed by atoms with Crippen LogP contribution in [0.3, 0.4) is 0 Å². The Morgan fingerprint density at radius 3 is 2.40 bits per heavy atom. The van der Waals surface area contributed by atoms with Crippen molar-refractivity contribution >= 4 is 23.8 Å². The molecule has 2 atom stereocenters. The predicted octanol–water partition coefficient (Wildman–Crippen LogP) is 1.25. The van der Waals surface area contributed by atoms with E-state index in [0.29, 0.717) is 0 Å². The van der Waals surface area contributed by atoms with Crippen LogP contribution in [0, 0.1) is 5.92 Å². The van der Waals surface area contributed by atoms with E-state index in [0.717, 1.165) is 0 Å². The van der Waals surface area contributed by atoms with Gasteiger partial charge in [-0.05, 0) is 31.0 Å². The van der Waals surface area contributed by atoms with Gasteiger partial charge in [-0.2, -0.15) is 0 Å². The summed E-state index contributed by atoms with van der Waals surface area (Å²) in [6, 6.07) is 4.42. The van der Waals surface area contributed by atoms with Crippen LogP contribution in [0.15, 0.2) is 24.3 Å². The monoisotopic (exact) mass is 351 g/mol. The number of hydrogen-bond acceptors (Lipinski definition) is 6. The van der Waals surface area contributed by atoms with Crippen molar-refractivity contribution in [1.82, 2.24) is 5.32 Å². The van der Waals surface area contributed by atoms with Gasteiger partial charge in [0.25, 0.3) is 5.91 Å². The first-order chi connectivity index (χ1) is 11.8. The van der Waals surface area contributed by atoms with Crippen molar-refractivity contribution < 1.29 is 33.8 Å². The third kappa shape index (κ3) is 5.91. The van der Waals surface area contributed by atoms with Crippen molar-refractivity contribution in [2.45, 2.75) is 26.3 Å². The van der Waals surface area contributed by atoms with E-state index in [4.69, 9.17) is 4.74 Å². The van der Waals surface area contributed by atoms with E-state index in [2.05, 4.69) is 10.1 Å². The fourth-order valence-electron chi connectivity index (χ4n) is 2.18. The summed E-state index contributed by atoms with van der Waals surface area (Å²) in [4.78, 5) is 46.7. The van der Waals surface area contributed by atoms with Gasteiger partial charge < -0.3 is 19.9 Å². The van der Waals surface area contributed by atoms with Crippen molar-refractivity contribution in [3.8, 4) is 0 Å². The molecule has 25 heavy (non-hydrogen) atoms. The number of carboxylic acids is 1. The van der Waals surface area contributed by atoms with Gasteiger partial charge in [0, 0.05) is 5.56 Å². The fourth-order valence-corrected chi connectivity index (χ4v) is 2.18. The van der Waals surface area contributed by atoms with Gasteiger partial charge in [0.05, 0.1) is 25.7 Å². The molecule has 0 heterocycles. The number of esters is 2. The smallest absolute Gasteiger partial charge is 0.337 e. The lowest BCUT2D eigenvalue weighted by atomic mass is 9.97. The van der Waals surface area contributed by atoms with Crippen LogP contribution < -0.4 is 5.32 Å². The second-order valence-electron chi connectivity index (χ2n) is 5.35. The molecular formula is C17H21NO7. The molecule has 0 spiro atoms. The third-order valence-electron chi connectivity index (χ3n) is 3.46. The first-order valence-corrected chi connectivity index (χ1v) is 7.67. The Kier molecular flexibility index (Phi) is 7.58. The third-order valence-corrected chi connectivity index (χ3v) is 3.46. The summed E-state index contributed by atoms with van der Waals surface area (Å²) in [7, 11) is 1.21. The highest BCUT2D eigenvalue weighted by molar-refractivity contribution is 5.99. The zero-order valence-electron chi connectivity index (χ0n) is 14.3. The minimum atomic E-state index is -1.28. The normalized spacial score (nSPS) is 12.6. The van der Waals surface area contributed by atoms with Crippen molar-refractivity contribution in [2.24, 2.45) is 5.92 Å². The average Bonchev–Trinajstić information content (AvgIpc) is 2.58. The van der Waals surface area contributed by atoms with Crippen LogP contribution in [0.2, 0.25) is 0 Å². The molecule has 1 aromatic carbocycles. The maximum atomic E-state index is 12.3. The average molecular weight is 351 g/mol. The SMILES string of the molecule is CCOC(=O)C[C@@H](C)[C@@H](NC(=O)c1cccc(C(=O)OC)c1)C(=O)O. The molecule has 0 aliphatic rings. The molecule has 2 N–H and O–H groups in total. The van der Waals surface area contributed by atoms with Crippen LogP contribution in [0.4, 0.5) is 0 Å². The molecule has 0 fully saturated rings. The Labute approximate surface area is 145 Å². The van der Waals surface area contributed by atoms with Crippen LogP contribution in [-0.2, 0) is 19.1 Å². The lowest BCUT2D eigenvalue weighted by molar-refractivity contribution is -0.145. The molecule has 0 saturated carbocycles. The number of ether oxygens (including phenoxy) is 2. The highest BCUT2D eigenvalue weighted by Crippen LogP contribution is 2.12. The largest absolute Gasteiger partial charge is 0.480 e. The van der Waals surface area contributed by atoms with Crippen molar-refractivity contribution in [3.05, 3.63) is 35.4 Å². The van der Waals surface area contributed by atoms with Gasteiger partial charge in [-0.1, -0.05) is 13.0 Å². The van der Waals surface area contributed by atoms with Gasteiger partial charge in [0.15, 0.2) is 0 Å². The van der Waals surface area contributed by atoms with Gasteiger partial charge in [-0.15, -0.1) is 0 Å². The number of amides is 1. The number of nitrogens with one attached hydrogen (secondary N) is 1. The fraction of sp³-hybridized carbons (Fsp3) is 0.412. The minimum absolute atomic E-state index is 0.109. The van der Waals surface area contributed by atoms with E-state index < -0.39 is 35.8 Å². The second kappa shape index (κ2) is 9.41. The quantitative estimate of drug-likeness (QED) is 0.676. The number of carboxylic acid groups (broad SMARTS) is 1. The number of benzene rings is 1.